The molecule has 1 N–H and O–H groups in total. The summed E-state index contributed by atoms with van der Waals surface area (Å²) in [6.45, 7) is 13.4. The zero-order valence-electron chi connectivity index (χ0n) is 14.9. The molecule has 2 atom stereocenters. The van der Waals surface area contributed by atoms with Crippen molar-refractivity contribution in [2.45, 2.75) is 66.5 Å². The van der Waals surface area contributed by atoms with E-state index in [-0.39, 0.29) is 6.10 Å². The molecule has 0 aliphatic rings. The lowest BCUT2D eigenvalue weighted by Gasteiger charge is -2.27. The fourth-order valence-electron chi connectivity index (χ4n) is 3.03. The van der Waals surface area contributed by atoms with Gasteiger partial charge < -0.3 is 10.1 Å². The smallest absolute Gasteiger partial charge is 0.120 e. The summed E-state index contributed by atoms with van der Waals surface area (Å²) in [5.74, 6) is 1.66. The monoisotopic (exact) mass is 291 g/mol. The molecule has 0 radical (unpaired) electrons. The Morgan fingerprint density at radius 1 is 1.14 bits per heavy atom. The topological polar surface area (TPSA) is 21.3 Å². The largest absolute Gasteiger partial charge is 0.491 e. The van der Waals surface area contributed by atoms with Crippen molar-refractivity contribution in [3.63, 3.8) is 0 Å². The van der Waals surface area contributed by atoms with Crippen molar-refractivity contribution in [2.75, 3.05) is 7.05 Å². The molecule has 120 valence electrons. The summed E-state index contributed by atoms with van der Waals surface area (Å²) in [4.78, 5) is 0. The van der Waals surface area contributed by atoms with Crippen LogP contribution in [0, 0.1) is 11.3 Å². The van der Waals surface area contributed by atoms with Crippen molar-refractivity contribution in [2.24, 2.45) is 11.3 Å². The number of rotatable bonds is 7. The predicted molar refractivity (Wildman–Crippen MR) is 91.9 cm³/mol. The van der Waals surface area contributed by atoms with Crippen LogP contribution in [-0.4, -0.2) is 13.2 Å². The van der Waals surface area contributed by atoms with Crippen molar-refractivity contribution < 1.29 is 4.74 Å². The molecule has 0 saturated heterocycles. The highest BCUT2D eigenvalue weighted by atomic mass is 16.5. The second-order valence-electron chi connectivity index (χ2n) is 7.69. The van der Waals surface area contributed by atoms with Gasteiger partial charge in [0.05, 0.1) is 6.10 Å². The van der Waals surface area contributed by atoms with Crippen molar-refractivity contribution in [1.29, 1.82) is 0 Å². The van der Waals surface area contributed by atoms with Crippen LogP contribution in [0.25, 0.3) is 0 Å². The Balaban J connectivity index is 2.75. The molecule has 0 amide bonds. The number of nitrogens with one attached hydrogen (secondary N) is 1. The van der Waals surface area contributed by atoms with Crippen LogP contribution in [0.1, 0.15) is 66.0 Å². The summed E-state index contributed by atoms with van der Waals surface area (Å²) >= 11 is 0. The van der Waals surface area contributed by atoms with E-state index in [0.29, 0.717) is 17.4 Å². The summed E-state index contributed by atoms with van der Waals surface area (Å²) in [5.41, 5.74) is 1.71. The van der Waals surface area contributed by atoms with Crippen LogP contribution in [0.5, 0.6) is 5.75 Å². The van der Waals surface area contributed by atoms with E-state index in [9.17, 15) is 0 Å². The second kappa shape index (κ2) is 7.84. The Bertz CT molecular complexity index is 420. The van der Waals surface area contributed by atoms with Crippen molar-refractivity contribution in [3.05, 3.63) is 29.8 Å². The first-order valence-electron chi connectivity index (χ1n) is 8.15. The Labute approximate surface area is 131 Å². The van der Waals surface area contributed by atoms with Gasteiger partial charge in [0, 0.05) is 6.04 Å². The molecule has 0 saturated carbocycles. The van der Waals surface area contributed by atoms with Gasteiger partial charge in [0.2, 0.25) is 0 Å². The highest BCUT2D eigenvalue weighted by Crippen LogP contribution is 2.31. The number of benzene rings is 1. The molecule has 0 aliphatic heterocycles. The lowest BCUT2D eigenvalue weighted by Crippen LogP contribution is -2.21. The molecule has 1 rings (SSSR count). The molecule has 0 spiro atoms. The zero-order valence-corrected chi connectivity index (χ0v) is 14.9. The van der Waals surface area contributed by atoms with Gasteiger partial charge >= 0.3 is 0 Å². The van der Waals surface area contributed by atoms with Gasteiger partial charge in [0.1, 0.15) is 5.75 Å². The third kappa shape index (κ3) is 6.99. The SMILES string of the molecule is CNC(CC(C)CC(C)(C)C)c1cccc(OC(C)C)c1. The number of ether oxygens (including phenoxy) is 1. The predicted octanol–water partition coefficient (Wildman–Crippen LogP) is 5.20. The summed E-state index contributed by atoms with van der Waals surface area (Å²) < 4.78 is 5.81. The molecule has 0 aromatic heterocycles. The van der Waals surface area contributed by atoms with Crippen LogP contribution in [0.4, 0.5) is 0 Å². The number of hydrogen-bond donors (Lipinski definition) is 1. The van der Waals surface area contributed by atoms with Gasteiger partial charge in [-0.15, -0.1) is 0 Å². The quantitative estimate of drug-likeness (QED) is 0.746. The Morgan fingerprint density at radius 3 is 2.33 bits per heavy atom. The van der Waals surface area contributed by atoms with E-state index in [4.69, 9.17) is 4.74 Å². The molecule has 21 heavy (non-hydrogen) atoms. The van der Waals surface area contributed by atoms with E-state index >= 15 is 0 Å². The van der Waals surface area contributed by atoms with E-state index < -0.39 is 0 Å². The maximum atomic E-state index is 5.81. The molecule has 1 aromatic rings. The molecule has 2 unspecified atom stereocenters. The zero-order chi connectivity index (χ0) is 16.0. The van der Waals surface area contributed by atoms with Crippen LogP contribution >= 0.6 is 0 Å². The van der Waals surface area contributed by atoms with Crippen LogP contribution in [0.15, 0.2) is 24.3 Å². The Hall–Kier alpha value is -1.02. The van der Waals surface area contributed by atoms with Crippen LogP contribution in [0.2, 0.25) is 0 Å². The third-order valence-electron chi connectivity index (χ3n) is 3.58. The molecule has 0 fully saturated rings. The molecular weight excluding hydrogens is 258 g/mol. The van der Waals surface area contributed by atoms with E-state index in [1.165, 1.54) is 12.0 Å². The first kappa shape index (κ1) is 18.0. The summed E-state index contributed by atoms with van der Waals surface area (Å²) in [6.07, 6.45) is 2.61. The molecule has 0 bridgehead atoms. The minimum absolute atomic E-state index is 0.216. The van der Waals surface area contributed by atoms with Gasteiger partial charge in [-0.25, -0.2) is 0 Å². The molecule has 2 heteroatoms. The van der Waals surface area contributed by atoms with Gasteiger partial charge in [-0.2, -0.15) is 0 Å². The lowest BCUT2D eigenvalue weighted by atomic mass is 9.82. The number of hydrogen-bond acceptors (Lipinski definition) is 2. The average molecular weight is 291 g/mol. The third-order valence-corrected chi connectivity index (χ3v) is 3.58. The first-order valence-corrected chi connectivity index (χ1v) is 8.15. The van der Waals surface area contributed by atoms with E-state index in [0.717, 1.165) is 12.2 Å². The minimum Gasteiger partial charge on any atom is -0.491 e. The highest BCUT2D eigenvalue weighted by molar-refractivity contribution is 5.30. The highest BCUT2D eigenvalue weighted by Gasteiger charge is 2.19. The van der Waals surface area contributed by atoms with Crippen molar-refractivity contribution in [1.82, 2.24) is 5.32 Å². The average Bonchev–Trinajstić information content (AvgIpc) is 2.33. The maximum Gasteiger partial charge on any atom is 0.120 e. The normalized spacial score (nSPS) is 15.0. The van der Waals surface area contributed by atoms with Gasteiger partial charge in [-0.05, 0) is 62.8 Å². The second-order valence-corrected chi connectivity index (χ2v) is 7.69. The summed E-state index contributed by atoms with van der Waals surface area (Å²) in [5, 5.41) is 3.46. The Kier molecular flexibility index (Phi) is 6.73. The van der Waals surface area contributed by atoms with Crippen LogP contribution < -0.4 is 10.1 Å². The van der Waals surface area contributed by atoms with Crippen LogP contribution in [-0.2, 0) is 0 Å². The molecule has 1 aromatic carbocycles. The van der Waals surface area contributed by atoms with Gasteiger partial charge in [0.25, 0.3) is 0 Å². The van der Waals surface area contributed by atoms with Gasteiger partial charge in [-0.3, -0.25) is 0 Å². The summed E-state index contributed by atoms with van der Waals surface area (Å²) in [6, 6.07) is 8.88. The Morgan fingerprint density at radius 2 is 1.81 bits per heavy atom. The molecular formula is C19H33NO. The van der Waals surface area contributed by atoms with E-state index in [1.54, 1.807) is 0 Å². The van der Waals surface area contributed by atoms with Crippen LogP contribution in [0.3, 0.4) is 0 Å². The molecule has 0 heterocycles. The lowest BCUT2D eigenvalue weighted by molar-refractivity contribution is 0.241. The fourth-order valence-corrected chi connectivity index (χ4v) is 3.03. The summed E-state index contributed by atoms with van der Waals surface area (Å²) in [7, 11) is 2.05. The first-order chi connectivity index (χ1) is 9.71. The minimum atomic E-state index is 0.216. The molecule has 0 aliphatic carbocycles. The van der Waals surface area contributed by atoms with Crippen molar-refractivity contribution >= 4 is 0 Å². The van der Waals surface area contributed by atoms with Gasteiger partial charge in [-0.1, -0.05) is 39.8 Å². The fraction of sp³-hybridized carbons (Fsp3) is 0.684. The van der Waals surface area contributed by atoms with Crippen molar-refractivity contribution in [3.8, 4) is 5.75 Å². The maximum absolute atomic E-state index is 5.81. The standard InChI is InChI=1S/C19H33NO/c1-14(2)21-17-10-8-9-16(12-17)18(20-7)11-15(3)13-19(4,5)6/h8-10,12,14-15,18,20H,11,13H2,1-7H3. The molecule has 2 nitrogen and oxygen atoms in total. The van der Waals surface area contributed by atoms with E-state index in [2.05, 4.69) is 65.1 Å². The van der Waals surface area contributed by atoms with Gasteiger partial charge in [0.15, 0.2) is 0 Å². The van der Waals surface area contributed by atoms with E-state index in [1.807, 2.05) is 13.1 Å².